The van der Waals surface area contributed by atoms with Crippen molar-refractivity contribution in [2.24, 2.45) is 17.3 Å². The van der Waals surface area contributed by atoms with Crippen molar-refractivity contribution in [1.29, 1.82) is 0 Å². The first-order valence-electron chi connectivity index (χ1n) is 8.19. The summed E-state index contributed by atoms with van der Waals surface area (Å²) >= 11 is 0. The van der Waals surface area contributed by atoms with E-state index in [1.165, 1.54) is 12.8 Å². The fraction of sp³-hybridized carbons (Fsp3) is 0.875. The van der Waals surface area contributed by atoms with Crippen LogP contribution in [0.25, 0.3) is 0 Å². The molecular formula is C16H28N2O3. The lowest BCUT2D eigenvalue weighted by molar-refractivity contribution is -0.139. The summed E-state index contributed by atoms with van der Waals surface area (Å²) in [4.78, 5) is 23.1. The predicted octanol–water partition coefficient (Wildman–Crippen LogP) is 2.76. The van der Waals surface area contributed by atoms with E-state index in [0.717, 1.165) is 32.1 Å². The quantitative estimate of drug-likeness (QED) is 0.676. The smallest absolute Gasteiger partial charge is 0.326 e. The van der Waals surface area contributed by atoms with Gasteiger partial charge in [-0.25, -0.2) is 9.59 Å². The van der Waals surface area contributed by atoms with Crippen molar-refractivity contribution in [3.8, 4) is 0 Å². The van der Waals surface area contributed by atoms with Gasteiger partial charge in [0.15, 0.2) is 0 Å². The van der Waals surface area contributed by atoms with Crippen LogP contribution in [0.4, 0.5) is 4.79 Å². The number of urea groups is 1. The van der Waals surface area contributed by atoms with Crippen LogP contribution in [-0.4, -0.2) is 29.7 Å². The van der Waals surface area contributed by atoms with Gasteiger partial charge in [-0.2, -0.15) is 0 Å². The molecule has 0 aromatic rings. The van der Waals surface area contributed by atoms with Crippen molar-refractivity contribution in [1.82, 2.24) is 10.6 Å². The van der Waals surface area contributed by atoms with Crippen LogP contribution in [0.3, 0.4) is 0 Å². The van der Waals surface area contributed by atoms with Crippen molar-refractivity contribution < 1.29 is 14.7 Å². The van der Waals surface area contributed by atoms with E-state index >= 15 is 0 Å². The highest BCUT2D eigenvalue weighted by Crippen LogP contribution is 2.42. The first-order chi connectivity index (χ1) is 9.92. The van der Waals surface area contributed by atoms with Crippen LogP contribution in [0.1, 0.15) is 58.8 Å². The van der Waals surface area contributed by atoms with Crippen LogP contribution in [-0.2, 0) is 4.79 Å². The molecule has 2 fully saturated rings. The Balaban J connectivity index is 1.82. The molecule has 0 aromatic carbocycles. The van der Waals surface area contributed by atoms with E-state index in [1.807, 2.05) is 0 Å². The number of amides is 2. The van der Waals surface area contributed by atoms with Crippen molar-refractivity contribution in [2.45, 2.75) is 64.8 Å². The summed E-state index contributed by atoms with van der Waals surface area (Å²) in [5.74, 6) is -0.194. The Kier molecular flexibility index (Phi) is 5.12. The molecule has 1 unspecified atom stereocenters. The van der Waals surface area contributed by atoms with Crippen molar-refractivity contribution in [3.63, 3.8) is 0 Å². The Hall–Kier alpha value is -1.26. The fourth-order valence-corrected chi connectivity index (χ4v) is 3.71. The van der Waals surface area contributed by atoms with E-state index in [1.54, 1.807) is 0 Å². The average molecular weight is 296 g/mol. The average Bonchev–Trinajstić information content (AvgIpc) is 3.13. The molecule has 0 radical (unpaired) electrons. The molecule has 0 aliphatic heterocycles. The molecule has 5 nitrogen and oxygen atoms in total. The topological polar surface area (TPSA) is 78.4 Å². The zero-order chi connectivity index (χ0) is 15.5. The molecule has 0 heterocycles. The number of nitrogens with one attached hydrogen (secondary N) is 2. The highest BCUT2D eigenvalue weighted by molar-refractivity contribution is 5.83. The summed E-state index contributed by atoms with van der Waals surface area (Å²) < 4.78 is 0. The van der Waals surface area contributed by atoms with Crippen LogP contribution in [0, 0.1) is 17.3 Å². The van der Waals surface area contributed by atoms with Crippen LogP contribution < -0.4 is 10.6 Å². The van der Waals surface area contributed by atoms with Gasteiger partial charge < -0.3 is 15.7 Å². The van der Waals surface area contributed by atoms with Gasteiger partial charge in [0.1, 0.15) is 6.04 Å². The Labute approximate surface area is 126 Å². The van der Waals surface area contributed by atoms with E-state index in [9.17, 15) is 9.59 Å². The number of carboxylic acid groups (broad SMARTS) is 1. The lowest BCUT2D eigenvalue weighted by Gasteiger charge is -2.31. The third-order valence-electron chi connectivity index (χ3n) is 4.78. The largest absolute Gasteiger partial charge is 0.480 e. The molecule has 1 atom stereocenters. The second kappa shape index (κ2) is 6.67. The maximum Gasteiger partial charge on any atom is 0.326 e. The van der Waals surface area contributed by atoms with Gasteiger partial charge in [-0.3, -0.25) is 0 Å². The van der Waals surface area contributed by atoms with Gasteiger partial charge in [0.2, 0.25) is 0 Å². The number of rotatable bonds is 7. The molecule has 2 aliphatic rings. The molecule has 2 rings (SSSR count). The Morgan fingerprint density at radius 2 is 1.86 bits per heavy atom. The molecule has 2 aliphatic carbocycles. The van der Waals surface area contributed by atoms with Gasteiger partial charge in [-0.15, -0.1) is 0 Å². The predicted molar refractivity (Wildman–Crippen MR) is 81.0 cm³/mol. The molecule has 3 N–H and O–H groups in total. The molecule has 0 spiro atoms. The van der Waals surface area contributed by atoms with Crippen LogP contribution in [0.15, 0.2) is 0 Å². The molecule has 21 heavy (non-hydrogen) atoms. The third kappa shape index (κ3) is 4.61. The number of hydrogen-bond acceptors (Lipinski definition) is 2. The van der Waals surface area contributed by atoms with E-state index < -0.39 is 12.0 Å². The minimum Gasteiger partial charge on any atom is -0.480 e. The van der Waals surface area contributed by atoms with Gasteiger partial charge in [-0.1, -0.05) is 26.7 Å². The molecule has 2 saturated carbocycles. The first-order valence-corrected chi connectivity index (χ1v) is 8.19. The van der Waals surface area contributed by atoms with Gasteiger partial charge in [0, 0.05) is 6.54 Å². The fourth-order valence-electron chi connectivity index (χ4n) is 3.71. The van der Waals surface area contributed by atoms with Gasteiger partial charge in [-0.05, 0) is 49.4 Å². The second-order valence-corrected chi connectivity index (χ2v) is 7.29. The van der Waals surface area contributed by atoms with Gasteiger partial charge in [0.25, 0.3) is 0 Å². The first kappa shape index (κ1) is 16.1. The molecule has 120 valence electrons. The molecule has 5 heteroatoms. The lowest BCUT2D eigenvalue weighted by Crippen LogP contribution is -2.49. The Morgan fingerprint density at radius 3 is 2.33 bits per heavy atom. The number of carboxylic acids is 1. The maximum atomic E-state index is 12.0. The minimum atomic E-state index is -0.926. The van der Waals surface area contributed by atoms with Gasteiger partial charge in [0.05, 0.1) is 0 Å². The monoisotopic (exact) mass is 296 g/mol. The summed E-state index contributed by atoms with van der Waals surface area (Å²) in [7, 11) is 0. The summed E-state index contributed by atoms with van der Waals surface area (Å²) in [5, 5.41) is 14.7. The van der Waals surface area contributed by atoms with Crippen LogP contribution >= 0.6 is 0 Å². The standard InChI is InChI=1S/C16H28N2O3/c1-11(2)9-16(7-3-4-8-16)10-17-15(21)18-13(14(19)20)12-5-6-12/h11-13H,3-10H2,1-2H3,(H,19,20)(H2,17,18,21). The third-order valence-corrected chi connectivity index (χ3v) is 4.78. The normalized spacial score (nSPS) is 22.0. The van der Waals surface area contributed by atoms with Crippen molar-refractivity contribution in [3.05, 3.63) is 0 Å². The molecule has 0 aromatic heterocycles. The summed E-state index contributed by atoms with van der Waals surface area (Å²) in [6.07, 6.45) is 7.71. The summed E-state index contributed by atoms with van der Waals surface area (Å²) in [6.45, 7) is 5.09. The van der Waals surface area contributed by atoms with Crippen LogP contribution in [0.2, 0.25) is 0 Å². The Bertz CT molecular complexity index is 385. The second-order valence-electron chi connectivity index (χ2n) is 7.29. The van der Waals surface area contributed by atoms with Crippen LogP contribution in [0.5, 0.6) is 0 Å². The zero-order valence-corrected chi connectivity index (χ0v) is 13.2. The lowest BCUT2D eigenvalue weighted by atomic mass is 9.78. The highest BCUT2D eigenvalue weighted by atomic mass is 16.4. The van der Waals surface area contributed by atoms with E-state index in [2.05, 4.69) is 24.5 Å². The van der Waals surface area contributed by atoms with Crippen molar-refractivity contribution in [2.75, 3.05) is 6.54 Å². The van der Waals surface area contributed by atoms with E-state index in [4.69, 9.17) is 5.11 Å². The van der Waals surface area contributed by atoms with Gasteiger partial charge >= 0.3 is 12.0 Å². The number of carbonyl (C=O) groups is 2. The van der Waals surface area contributed by atoms with E-state index in [-0.39, 0.29) is 17.4 Å². The number of carbonyl (C=O) groups excluding carboxylic acids is 1. The molecule has 2 amide bonds. The summed E-state index contributed by atoms with van der Waals surface area (Å²) in [6, 6.07) is -1.06. The van der Waals surface area contributed by atoms with E-state index in [0.29, 0.717) is 12.5 Å². The van der Waals surface area contributed by atoms with Crippen molar-refractivity contribution >= 4 is 12.0 Å². The number of hydrogen-bond donors (Lipinski definition) is 3. The molecule has 0 saturated heterocycles. The minimum absolute atomic E-state index is 0.115. The molecular weight excluding hydrogens is 268 g/mol. The molecule has 0 bridgehead atoms. The number of aliphatic carboxylic acids is 1. The highest BCUT2D eigenvalue weighted by Gasteiger charge is 2.38. The summed E-state index contributed by atoms with van der Waals surface area (Å²) in [5.41, 5.74) is 0.212. The zero-order valence-electron chi connectivity index (χ0n) is 13.2. The maximum absolute atomic E-state index is 12.0. The SMILES string of the molecule is CC(C)CC1(CNC(=O)NC(C(=O)O)C2CC2)CCCC1. The Morgan fingerprint density at radius 1 is 1.24 bits per heavy atom.